The molecule has 0 aromatic heterocycles. The van der Waals surface area contributed by atoms with Crippen LogP contribution in [0.15, 0.2) is 24.3 Å². The fraction of sp³-hybridized carbons (Fsp3) is 0.667. The first kappa shape index (κ1) is 21.5. The maximum Gasteiger partial charge on any atom is 0.225 e. The molecule has 6 nitrogen and oxygen atoms in total. The van der Waals surface area contributed by atoms with Gasteiger partial charge in [-0.15, -0.1) is 0 Å². The lowest BCUT2D eigenvalue weighted by Crippen LogP contribution is -2.50. The summed E-state index contributed by atoms with van der Waals surface area (Å²) in [6.45, 7) is 9.72. The largest absolute Gasteiger partial charge is 0.378 e. The number of benzene rings is 1. The van der Waals surface area contributed by atoms with Crippen molar-refractivity contribution in [2.24, 2.45) is 5.92 Å². The van der Waals surface area contributed by atoms with Crippen molar-refractivity contribution in [1.29, 1.82) is 0 Å². The van der Waals surface area contributed by atoms with E-state index >= 15 is 0 Å². The summed E-state index contributed by atoms with van der Waals surface area (Å²) in [7, 11) is 0. The summed E-state index contributed by atoms with van der Waals surface area (Å²) in [5.41, 5.74) is 2.03. The predicted molar refractivity (Wildman–Crippen MR) is 116 cm³/mol. The molecule has 0 N–H and O–H groups in total. The zero-order valence-corrected chi connectivity index (χ0v) is 18.2. The van der Waals surface area contributed by atoms with Gasteiger partial charge in [0.05, 0.1) is 13.2 Å². The average molecular weight is 414 g/mol. The molecule has 3 saturated heterocycles. The number of amides is 1. The first-order chi connectivity index (χ1) is 14.6. The van der Waals surface area contributed by atoms with Crippen LogP contribution < -0.4 is 0 Å². The molecule has 0 radical (unpaired) electrons. The molecule has 164 valence electrons. The molecule has 0 atom stereocenters. The van der Waals surface area contributed by atoms with Crippen molar-refractivity contribution < 1.29 is 14.3 Å². The van der Waals surface area contributed by atoms with E-state index in [1.807, 2.05) is 23.1 Å². The van der Waals surface area contributed by atoms with Gasteiger partial charge in [-0.1, -0.05) is 18.2 Å². The quantitative estimate of drug-likeness (QED) is 0.694. The topological polar surface area (TPSA) is 53.1 Å². The molecule has 0 bridgehead atoms. The number of nitrogens with zero attached hydrogens (tertiary/aromatic N) is 3. The summed E-state index contributed by atoms with van der Waals surface area (Å²) < 4.78 is 5.37. The Bertz CT molecular complexity index is 731. The predicted octanol–water partition coefficient (Wildman–Crippen LogP) is 2.42. The van der Waals surface area contributed by atoms with Crippen molar-refractivity contribution in [3.05, 3.63) is 35.4 Å². The van der Waals surface area contributed by atoms with Gasteiger partial charge in [-0.2, -0.15) is 0 Å². The highest BCUT2D eigenvalue weighted by atomic mass is 16.5. The molecule has 6 heteroatoms. The highest BCUT2D eigenvalue weighted by Gasteiger charge is 2.32. The number of ether oxygens (including phenoxy) is 1. The summed E-state index contributed by atoms with van der Waals surface area (Å²) in [6, 6.07) is 8.68. The molecule has 4 rings (SSSR count). The number of hydrogen-bond acceptors (Lipinski definition) is 5. The summed E-state index contributed by atoms with van der Waals surface area (Å²) in [6.07, 6.45) is 4.37. The summed E-state index contributed by atoms with van der Waals surface area (Å²) in [4.78, 5) is 31.5. The third-order valence-electron chi connectivity index (χ3n) is 7.01. The number of carbonyl (C=O) groups is 2. The molecule has 30 heavy (non-hydrogen) atoms. The fourth-order valence-electron chi connectivity index (χ4n) is 5.14. The van der Waals surface area contributed by atoms with Gasteiger partial charge < -0.3 is 14.5 Å². The number of likely N-dealkylation sites (tertiary alicyclic amines) is 2. The smallest absolute Gasteiger partial charge is 0.225 e. The van der Waals surface area contributed by atoms with Gasteiger partial charge in [-0.05, 0) is 70.4 Å². The minimum Gasteiger partial charge on any atom is -0.378 e. The Labute approximate surface area is 180 Å². The molecule has 3 fully saturated rings. The van der Waals surface area contributed by atoms with Crippen LogP contribution in [0.25, 0.3) is 0 Å². The van der Waals surface area contributed by atoms with Crippen molar-refractivity contribution in [3.63, 3.8) is 0 Å². The lowest BCUT2D eigenvalue weighted by molar-refractivity contribution is -0.141. The van der Waals surface area contributed by atoms with Crippen LogP contribution in [0.5, 0.6) is 0 Å². The van der Waals surface area contributed by atoms with Crippen LogP contribution in [0.2, 0.25) is 0 Å². The van der Waals surface area contributed by atoms with Gasteiger partial charge in [0.1, 0.15) is 0 Å². The molecule has 0 unspecified atom stereocenters. The van der Waals surface area contributed by atoms with Gasteiger partial charge in [0.25, 0.3) is 0 Å². The molecular formula is C24H35N3O3. The lowest BCUT2D eigenvalue weighted by Gasteiger charge is -2.42. The highest BCUT2D eigenvalue weighted by molar-refractivity contribution is 5.94. The Hall–Kier alpha value is -1.76. The number of ketones is 1. The van der Waals surface area contributed by atoms with Gasteiger partial charge >= 0.3 is 0 Å². The van der Waals surface area contributed by atoms with E-state index in [-0.39, 0.29) is 11.7 Å². The Balaban J connectivity index is 1.21. The second-order valence-corrected chi connectivity index (χ2v) is 9.01. The van der Waals surface area contributed by atoms with Gasteiger partial charge in [-0.3, -0.25) is 14.5 Å². The van der Waals surface area contributed by atoms with Crippen LogP contribution >= 0.6 is 0 Å². The molecule has 3 aliphatic rings. The molecule has 3 aliphatic heterocycles. The Morgan fingerprint density at radius 3 is 2.33 bits per heavy atom. The van der Waals surface area contributed by atoms with Gasteiger partial charge in [0.2, 0.25) is 5.91 Å². The zero-order chi connectivity index (χ0) is 20.9. The van der Waals surface area contributed by atoms with Crippen molar-refractivity contribution >= 4 is 11.7 Å². The number of morpholine rings is 1. The third kappa shape index (κ3) is 5.29. The van der Waals surface area contributed by atoms with Crippen molar-refractivity contribution in [1.82, 2.24) is 14.7 Å². The summed E-state index contributed by atoms with van der Waals surface area (Å²) in [5, 5.41) is 0. The lowest BCUT2D eigenvalue weighted by atomic mass is 9.92. The van der Waals surface area contributed by atoms with Crippen molar-refractivity contribution in [3.8, 4) is 0 Å². The van der Waals surface area contributed by atoms with Gasteiger partial charge in [-0.25, -0.2) is 0 Å². The SMILES string of the molecule is CC(=O)c1cccc(CN2CCC(N3CCC(C(=O)N4CCOCC4)CC3)CC2)c1. The highest BCUT2D eigenvalue weighted by Crippen LogP contribution is 2.26. The Morgan fingerprint density at radius 2 is 1.67 bits per heavy atom. The first-order valence-corrected chi connectivity index (χ1v) is 11.5. The molecule has 1 aromatic rings. The van der Waals surface area contributed by atoms with Crippen LogP contribution in [-0.4, -0.2) is 84.9 Å². The minimum absolute atomic E-state index is 0.131. The standard InChI is InChI=1S/C24H35N3O3/c1-19(28)22-4-2-3-20(17-22)18-25-9-7-23(8-10-25)26-11-5-21(6-12-26)24(29)27-13-15-30-16-14-27/h2-4,17,21,23H,5-16,18H2,1H3. The third-order valence-corrected chi connectivity index (χ3v) is 7.01. The molecule has 1 aromatic carbocycles. The number of piperidine rings is 2. The normalized spacial score (nSPS) is 22.9. The molecular weight excluding hydrogens is 378 g/mol. The molecule has 0 spiro atoms. The number of Topliss-reactive ketones (excluding diaryl/α,β-unsaturated/α-hetero) is 1. The van der Waals surface area contributed by atoms with E-state index in [1.165, 1.54) is 18.4 Å². The number of rotatable bonds is 5. The second-order valence-electron chi connectivity index (χ2n) is 9.01. The summed E-state index contributed by atoms with van der Waals surface area (Å²) >= 11 is 0. The Kier molecular flexibility index (Phi) is 7.18. The van der Waals surface area contributed by atoms with Crippen LogP contribution in [0.3, 0.4) is 0 Å². The monoisotopic (exact) mass is 413 g/mol. The zero-order valence-electron chi connectivity index (χ0n) is 18.2. The van der Waals surface area contributed by atoms with E-state index in [9.17, 15) is 9.59 Å². The van der Waals surface area contributed by atoms with E-state index < -0.39 is 0 Å². The van der Waals surface area contributed by atoms with Crippen LogP contribution in [0, 0.1) is 5.92 Å². The van der Waals surface area contributed by atoms with Gasteiger partial charge in [0.15, 0.2) is 5.78 Å². The van der Waals surface area contributed by atoms with Crippen molar-refractivity contribution in [2.45, 2.75) is 45.2 Å². The van der Waals surface area contributed by atoms with E-state index in [1.54, 1.807) is 6.92 Å². The van der Waals surface area contributed by atoms with Crippen LogP contribution in [0.1, 0.15) is 48.5 Å². The molecule has 3 heterocycles. The first-order valence-electron chi connectivity index (χ1n) is 11.5. The Morgan fingerprint density at radius 1 is 0.967 bits per heavy atom. The van der Waals surface area contributed by atoms with E-state index in [0.717, 1.165) is 64.2 Å². The summed E-state index contributed by atoms with van der Waals surface area (Å²) in [5.74, 6) is 0.680. The van der Waals surface area contributed by atoms with Gasteiger partial charge in [0, 0.05) is 37.2 Å². The molecule has 0 saturated carbocycles. The molecule has 1 amide bonds. The number of hydrogen-bond donors (Lipinski definition) is 0. The van der Waals surface area contributed by atoms with Crippen LogP contribution in [0.4, 0.5) is 0 Å². The fourth-order valence-corrected chi connectivity index (χ4v) is 5.14. The van der Waals surface area contributed by atoms with Crippen LogP contribution in [-0.2, 0) is 16.1 Å². The number of carbonyl (C=O) groups excluding carboxylic acids is 2. The van der Waals surface area contributed by atoms with E-state index in [2.05, 4.69) is 15.9 Å². The maximum absolute atomic E-state index is 12.7. The second kappa shape index (κ2) is 10.0. The average Bonchev–Trinajstić information content (AvgIpc) is 2.80. The minimum atomic E-state index is 0.131. The van der Waals surface area contributed by atoms with Crippen molar-refractivity contribution in [2.75, 3.05) is 52.5 Å². The maximum atomic E-state index is 12.7. The van der Waals surface area contributed by atoms with E-state index in [0.29, 0.717) is 25.2 Å². The molecule has 0 aliphatic carbocycles. The van der Waals surface area contributed by atoms with E-state index in [4.69, 9.17) is 4.74 Å².